The Kier molecular flexibility index (Phi) is 13.8. The fourth-order valence-electron chi connectivity index (χ4n) is 2.24. The van der Waals surface area contributed by atoms with Crippen LogP contribution in [0.5, 0.6) is 5.75 Å². The zero-order chi connectivity index (χ0) is 18.5. The van der Waals surface area contributed by atoms with Crippen LogP contribution in [0.4, 0.5) is 5.69 Å². The highest BCUT2D eigenvalue weighted by molar-refractivity contribution is 14.0. The van der Waals surface area contributed by atoms with Gasteiger partial charge in [0, 0.05) is 18.7 Å². The number of hydrogen-bond acceptors (Lipinski definition) is 4. The molecule has 7 heteroatoms. The fourth-order valence-corrected chi connectivity index (χ4v) is 2.24. The quantitative estimate of drug-likeness (QED) is 0.163. The second-order valence-corrected chi connectivity index (χ2v) is 6.05. The van der Waals surface area contributed by atoms with Gasteiger partial charge in [-0.15, -0.1) is 24.0 Å². The Morgan fingerprint density at radius 2 is 1.81 bits per heavy atom. The summed E-state index contributed by atoms with van der Waals surface area (Å²) in [7, 11) is 0. The summed E-state index contributed by atoms with van der Waals surface area (Å²) >= 11 is 0. The second kappa shape index (κ2) is 14.6. The molecule has 148 valence electrons. The normalized spacial score (nSPS) is 11.0. The van der Waals surface area contributed by atoms with Gasteiger partial charge in [-0.1, -0.05) is 12.8 Å². The predicted octanol–water partition coefficient (Wildman–Crippen LogP) is 4.33. The van der Waals surface area contributed by atoms with Crippen LogP contribution < -0.4 is 15.8 Å². The van der Waals surface area contributed by atoms with Crippen LogP contribution in [0, 0.1) is 0 Å². The first-order valence-electron chi connectivity index (χ1n) is 9.00. The van der Waals surface area contributed by atoms with E-state index in [-0.39, 0.29) is 36.0 Å². The van der Waals surface area contributed by atoms with Crippen molar-refractivity contribution in [2.24, 2.45) is 10.7 Å². The van der Waals surface area contributed by atoms with Gasteiger partial charge in [-0.25, -0.2) is 0 Å². The second-order valence-electron chi connectivity index (χ2n) is 6.05. The van der Waals surface area contributed by atoms with Crippen LogP contribution >= 0.6 is 24.0 Å². The van der Waals surface area contributed by atoms with Gasteiger partial charge in [0.2, 0.25) is 0 Å². The van der Waals surface area contributed by atoms with Gasteiger partial charge >= 0.3 is 5.97 Å². The molecule has 0 saturated carbocycles. The Labute approximate surface area is 173 Å². The zero-order valence-corrected chi connectivity index (χ0v) is 18.3. The third-order valence-electron chi connectivity index (χ3n) is 3.37. The molecule has 0 radical (unpaired) electrons. The van der Waals surface area contributed by atoms with Crippen LogP contribution in [0.2, 0.25) is 0 Å². The first-order chi connectivity index (χ1) is 12.0. The Morgan fingerprint density at radius 1 is 1.15 bits per heavy atom. The number of aliphatic imine (C=N–C) groups is 1. The van der Waals surface area contributed by atoms with Crippen LogP contribution in [0.3, 0.4) is 0 Å². The van der Waals surface area contributed by atoms with E-state index in [9.17, 15) is 4.79 Å². The molecule has 0 atom stereocenters. The summed E-state index contributed by atoms with van der Waals surface area (Å²) in [5.41, 5.74) is 6.77. The first kappa shape index (κ1) is 24.5. The number of ether oxygens (including phenoxy) is 2. The van der Waals surface area contributed by atoms with Gasteiger partial charge in [-0.05, 0) is 57.9 Å². The van der Waals surface area contributed by atoms with E-state index < -0.39 is 0 Å². The number of hydrogen-bond donors (Lipinski definition) is 2. The summed E-state index contributed by atoms with van der Waals surface area (Å²) in [6.07, 6.45) is 4.49. The van der Waals surface area contributed by atoms with E-state index in [1.165, 1.54) is 0 Å². The smallest absolute Gasteiger partial charge is 0.305 e. The highest BCUT2D eigenvalue weighted by atomic mass is 127. The van der Waals surface area contributed by atoms with Gasteiger partial charge in [0.15, 0.2) is 5.96 Å². The Balaban J connectivity index is 0.00000625. The average molecular weight is 477 g/mol. The molecule has 0 aliphatic heterocycles. The number of nitrogens with one attached hydrogen (secondary N) is 1. The summed E-state index contributed by atoms with van der Waals surface area (Å²) in [4.78, 5) is 15.5. The minimum absolute atomic E-state index is 0. The van der Waals surface area contributed by atoms with E-state index >= 15 is 0 Å². The van der Waals surface area contributed by atoms with E-state index in [2.05, 4.69) is 10.3 Å². The van der Waals surface area contributed by atoms with E-state index in [1.54, 1.807) is 0 Å². The lowest BCUT2D eigenvalue weighted by Gasteiger charge is -2.10. The van der Waals surface area contributed by atoms with Crippen LogP contribution in [0.15, 0.2) is 29.3 Å². The zero-order valence-electron chi connectivity index (χ0n) is 16.0. The molecule has 0 fully saturated rings. The SMILES string of the molecule is CCOC(=O)CCCCCCN=C(N)Nc1ccc(OC(C)C)cc1.I. The van der Waals surface area contributed by atoms with Crippen molar-refractivity contribution in [1.29, 1.82) is 0 Å². The summed E-state index contributed by atoms with van der Waals surface area (Å²) in [5.74, 6) is 1.13. The summed E-state index contributed by atoms with van der Waals surface area (Å²) in [6, 6.07) is 7.63. The summed E-state index contributed by atoms with van der Waals surface area (Å²) in [5, 5.41) is 3.06. The number of nitrogens with two attached hydrogens (primary N) is 1. The number of halogens is 1. The molecule has 1 aromatic carbocycles. The minimum Gasteiger partial charge on any atom is -0.491 e. The van der Waals surface area contributed by atoms with Crippen LogP contribution in [0.25, 0.3) is 0 Å². The number of anilines is 1. The number of benzene rings is 1. The van der Waals surface area contributed by atoms with Crippen molar-refractivity contribution >= 4 is 41.6 Å². The van der Waals surface area contributed by atoms with Crippen LogP contribution in [0.1, 0.15) is 52.9 Å². The van der Waals surface area contributed by atoms with Crippen molar-refractivity contribution in [3.63, 3.8) is 0 Å². The number of esters is 1. The van der Waals surface area contributed by atoms with Crippen LogP contribution in [-0.2, 0) is 9.53 Å². The van der Waals surface area contributed by atoms with Crippen molar-refractivity contribution < 1.29 is 14.3 Å². The minimum atomic E-state index is -0.112. The number of nitrogens with zero attached hydrogens (tertiary/aromatic N) is 1. The van der Waals surface area contributed by atoms with Crippen molar-refractivity contribution in [1.82, 2.24) is 0 Å². The molecule has 0 aliphatic carbocycles. The molecular formula is C19H32IN3O3. The lowest BCUT2D eigenvalue weighted by Crippen LogP contribution is -2.22. The third-order valence-corrected chi connectivity index (χ3v) is 3.37. The van der Waals surface area contributed by atoms with Gasteiger partial charge in [-0.2, -0.15) is 0 Å². The van der Waals surface area contributed by atoms with Crippen molar-refractivity contribution in [3.05, 3.63) is 24.3 Å². The van der Waals surface area contributed by atoms with E-state index in [4.69, 9.17) is 15.2 Å². The Bertz CT molecular complexity index is 533. The lowest BCUT2D eigenvalue weighted by molar-refractivity contribution is -0.143. The topological polar surface area (TPSA) is 85.9 Å². The average Bonchev–Trinajstić information content (AvgIpc) is 2.55. The monoisotopic (exact) mass is 477 g/mol. The van der Waals surface area contributed by atoms with E-state index in [0.29, 0.717) is 25.5 Å². The Hall–Kier alpha value is -1.51. The fraction of sp³-hybridized carbons (Fsp3) is 0.579. The van der Waals surface area contributed by atoms with E-state index in [0.717, 1.165) is 37.1 Å². The van der Waals surface area contributed by atoms with E-state index in [1.807, 2.05) is 45.0 Å². The lowest BCUT2D eigenvalue weighted by atomic mass is 10.1. The first-order valence-corrected chi connectivity index (χ1v) is 9.00. The van der Waals surface area contributed by atoms with Gasteiger partial charge in [0.1, 0.15) is 5.75 Å². The highest BCUT2D eigenvalue weighted by Crippen LogP contribution is 2.16. The number of carbonyl (C=O) groups excluding carboxylic acids is 1. The molecule has 0 amide bonds. The predicted molar refractivity (Wildman–Crippen MR) is 117 cm³/mol. The molecule has 6 nitrogen and oxygen atoms in total. The molecule has 0 bridgehead atoms. The third kappa shape index (κ3) is 11.9. The van der Waals surface area contributed by atoms with Gasteiger partial charge in [0.25, 0.3) is 0 Å². The number of guanidine groups is 1. The van der Waals surface area contributed by atoms with Crippen molar-refractivity contribution in [2.45, 2.75) is 59.0 Å². The molecule has 26 heavy (non-hydrogen) atoms. The number of unbranched alkanes of at least 4 members (excludes halogenated alkanes) is 3. The molecule has 0 saturated heterocycles. The molecule has 0 unspecified atom stereocenters. The number of carbonyl (C=O) groups is 1. The maximum atomic E-state index is 11.2. The molecule has 1 rings (SSSR count). The molecule has 3 N–H and O–H groups in total. The molecular weight excluding hydrogens is 445 g/mol. The number of rotatable bonds is 11. The molecule has 1 aromatic rings. The standard InChI is InChI=1S/C19H31N3O3.HI/c1-4-24-18(23)9-7-5-6-8-14-21-19(20)22-16-10-12-17(13-11-16)25-15(2)3;/h10-13,15H,4-9,14H2,1-3H3,(H3,20,21,22);1H. The molecule has 0 aliphatic rings. The Morgan fingerprint density at radius 3 is 2.42 bits per heavy atom. The summed E-state index contributed by atoms with van der Waals surface area (Å²) in [6.45, 7) is 6.93. The molecule has 0 spiro atoms. The highest BCUT2D eigenvalue weighted by Gasteiger charge is 2.01. The molecule has 0 aromatic heterocycles. The maximum absolute atomic E-state index is 11.2. The van der Waals surface area contributed by atoms with Crippen LogP contribution in [-0.4, -0.2) is 31.2 Å². The van der Waals surface area contributed by atoms with Crippen molar-refractivity contribution in [3.8, 4) is 5.75 Å². The summed E-state index contributed by atoms with van der Waals surface area (Å²) < 4.78 is 10.5. The van der Waals surface area contributed by atoms with Gasteiger partial charge in [-0.3, -0.25) is 9.79 Å². The van der Waals surface area contributed by atoms with Gasteiger partial charge in [0.05, 0.1) is 12.7 Å². The maximum Gasteiger partial charge on any atom is 0.305 e. The van der Waals surface area contributed by atoms with Crippen molar-refractivity contribution in [2.75, 3.05) is 18.5 Å². The van der Waals surface area contributed by atoms with Gasteiger partial charge < -0.3 is 20.5 Å². The molecule has 0 heterocycles. The largest absolute Gasteiger partial charge is 0.491 e.